The predicted molar refractivity (Wildman–Crippen MR) is 80.5 cm³/mol. The van der Waals surface area contributed by atoms with Crippen molar-refractivity contribution in [3.8, 4) is 0 Å². The molecule has 0 spiro atoms. The van der Waals surface area contributed by atoms with Crippen molar-refractivity contribution in [1.82, 2.24) is 4.98 Å². The Morgan fingerprint density at radius 1 is 0.895 bits per heavy atom. The van der Waals surface area contributed by atoms with E-state index >= 15 is 0 Å². The van der Waals surface area contributed by atoms with Crippen LogP contribution in [0.15, 0.2) is 54.7 Å². The fourth-order valence-corrected chi connectivity index (χ4v) is 2.56. The van der Waals surface area contributed by atoms with Crippen LogP contribution in [-0.2, 0) is 6.42 Å². The number of aryl methyl sites for hydroxylation is 2. The molecule has 3 aromatic rings. The van der Waals surface area contributed by atoms with Crippen LogP contribution in [0.25, 0.3) is 10.9 Å². The Morgan fingerprint density at radius 2 is 1.74 bits per heavy atom. The Balaban J connectivity index is 2.06. The van der Waals surface area contributed by atoms with Gasteiger partial charge in [0.25, 0.3) is 0 Å². The van der Waals surface area contributed by atoms with E-state index in [0.29, 0.717) is 0 Å². The van der Waals surface area contributed by atoms with Crippen molar-refractivity contribution < 1.29 is 0 Å². The van der Waals surface area contributed by atoms with Crippen molar-refractivity contribution in [3.63, 3.8) is 0 Å². The molecule has 0 saturated carbocycles. The second-order valence-electron chi connectivity index (χ2n) is 5.10. The van der Waals surface area contributed by atoms with E-state index in [1.807, 2.05) is 12.3 Å². The van der Waals surface area contributed by atoms with Crippen LogP contribution >= 0.6 is 0 Å². The predicted octanol–water partition coefficient (Wildman–Crippen LogP) is 4.44. The van der Waals surface area contributed by atoms with Gasteiger partial charge in [0.05, 0.1) is 5.52 Å². The van der Waals surface area contributed by atoms with E-state index in [9.17, 15) is 0 Å². The van der Waals surface area contributed by atoms with Gasteiger partial charge in [0.2, 0.25) is 0 Å². The Kier molecular flexibility index (Phi) is 3.04. The SMILES string of the molecule is Cc1ccc(Cc2cccc3cccnc23)c(C)c1. The monoisotopic (exact) mass is 247 g/mol. The van der Waals surface area contributed by atoms with Crippen molar-refractivity contribution in [2.24, 2.45) is 0 Å². The Hall–Kier alpha value is -2.15. The molecule has 0 aliphatic rings. The molecule has 94 valence electrons. The Morgan fingerprint density at radius 3 is 2.58 bits per heavy atom. The normalized spacial score (nSPS) is 10.8. The number of hydrogen-bond acceptors (Lipinski definition) is 1. The molecule has 0 atom stereocenters. The number of rotatable bonds is 2. The van der Waals surface area contributed by atoms with Crippen LogP contribution in [0.1, 0.15) is 22.3 Å². The minimum atomic E-state index is 0.945. The highest BCUT2D eigenvalue weighted by Crippen LogP contribution is 2.21. The van der Waals surface area contributed by atoms with Crippen LogP contribution in [0.3, 0.4) is 0 Å². The van der Waals surface area contributed by atoms with Crippen LogP contribution in [0.4, 0.5) is 0 Å². The minimum Gasteiger partial charge on any atom is -0.256 e. The van der Waals surface area contributed by atoms with Gasteiger partial charge in [0.15, 0.2) is 0 Å². The minimum absolute atomic E-state index is 0.945. The number of para-hydroxylation sites is 1. The lowest BCUT2D eigenvalue weighted by Crippen LogP contribution is -1.94. The molecule has 0 saturated heterocycles. The fraction of sp³-hybridized carbons (Fsp3) is 0.167. The zero-order chi connectivity index (χ0) is 13.2. The summed E-state index contributed by atoms with van der Waals surface area (Å²) in [6.07, 6.45) is 2.81. The van der Waals surface area contributed by atoms with E-state index in [-0.39, 0.29) is 0 Å². The van der Waals surface area contributed by atoms with Crippen molar-refractivity contribution in [2.45, 2.75) is 20.3 Å². The second kappa shape index (κ2) is 4.85. The van der Waals surface area contributed by atoms with Crippen LogP contribution in [0, 0.1) is 13.8 Å². The Labute approximate surface area is 113 Å². The number of nitrogens with zero attached hydrogens (tertiary/aromatic N) is 1. The van der Waals surface area contributed by atoms with Crippen LogP contribution in [-0.4, -0.2) is 4.98 Å². The van der Waals surface area contributed by atoms with Crippen molar-refractivity contribution in [1.29, 1.82) is 0 Å². The summed E-state index contributed by atoms with van der Waals surface area (Å²) in [5.74, 6) is 0. The third-order valence-electron chi connectivity index (χ3n) is 3.60. The average Bonchev–Trinajstić information content (AvgIpc) is 2.42. The number of aromatic nitrogens is 1. The zero-order valence-corrected chi connectivity index (χ0v) is 11.4. The average molecular weight is 247 g/mol. The first-order valence-electron chi connectivity index (χ1n) is 6.63. The van der Waals surface area contributed by atoms with Crippen LogP contribution in [0.2, 0.25) is 0 Å². The molecule has 19 heavy (non-hydrogen) atoms. The van der Waals surface area contributed by atoms with E-state index in [0.717, 1.165) is 11.9 Å². The first-order chi connectivity index (χ1) is 9.24. The van der Waals surface area contributed by atoms with Gasteiger partial charge < -0.3 is 0 Å². The lowest BCUT2D eigenvalue weighted by atomic mass is 9.97. The molecule has 3 rings (SSSR count). The van der Waals surface area contributed by atoms with E-state index in [4.69, 9.17) is 0 Å². The van der Waals surface area contributed by atoms with Crippen molar-refractivity contribution in [3.05, 3.63) is 77.0 Å². The maximum absolute atomic E-state index is 4.52. The van der Waals surface area contributed by atoms with Crippen molar-refractivity contribution in [2.75, 3.05) is 0 Å². The molecule has 0 aliphatic carbocycles. The van der Waals surface area contributed by atoms with Gasteiger partial charge in [-0.05, 0) is 43.0 Å². The quantitative estimate of drug-likeness (QED) is 0.652. The molecular weight excluding hydrogens is 230 g/mol. The lowest BCUT2D eigenvalue weighted by molar-refractivity contribution is 1.15. The Bertz CT molecular complexity index is 723. The molecule has 0 unspecified atom stereocenters. The fourth-order valence-electron chi connectivity index (χ4n) is 2.56. The zero-order valence-electron chi connectivity index (χ0n) is 11.4. The molecule has 1 heteroatoms. The van der Waals surface area contributed by atoms with Gasteiger partial charge in [-0.2, -0.15) is 0 Å². The third-order valence-corrected chi connectivity index (χ3v) is 3.60. The number of pyridine rings is 1. The first-order valence-corrected chi connectivity index (χ1v) is 6.63. The molecular formula is C18H17N. The summed E-state index contributed by atoms with van der Waals surface area (Å²) < 4.78 is 0. The summed E-state index contributed by atoms with van der Waals surface area (Å²) in [6.45, 7) is 4.32. The largest absolute Gasteiger partial charge is 0.256 e. The topological polar surface area (TPSA) is 12.9 Å². The smallest absolute Gasteiger partial charge is 0.0737 e. The molecule has 0 radical (unpaired) electrons. The van der Waals surface area contributed by atoms with Crippen LogP contribution < -0.4 is 0 Å². The van der Waals surface area contributed by atoms with Gasteiger partial charge in [0.1, 0.15) is 0 Å². The summed E-state index contributed by atoms with van der Waals surface area (Å²) in [5.41, 5.74) is 6.46. The van der Waals surface area contributed by atoms with Gasteiger partial charge in [-0.25, -0.2) is 0 Å². The highest BCUT2D eigenvalue weighted by Gasteiger charge is 2.05. The molecule has 0 bridgehead atoms. The summed E-state index contributed by atoms with van der Waals surface area (Å²) in [7, 11) is 0. The molecule has 0 aliphatic heterocycles. The molecule has 1 aromatic heterocycles. The van der Waals surface area contributed by atoms with Crippen LogP contribution in [0.5, 0.6) is 0 Å². The van der Waals surface area contributed by atoms with Gasteiger partial charge >= 0.3 is 0 Å². The molecule has 1 nitrogen and oxygen atoms in total. The van der Waals surface area contributed by atoms with E-state index < -0.39 is 0 Å². The maximum Gasteiger partial charge on any atom is 0.0737 e. The highest BCUT2D eigenvalue weighted by atomic mass is 14.6. The summed E-state index contributed by atoms with van der Waals surface area (Å²) in [4.78, 5) is 4.52. The number of fused-ring (bicyclic) bond motifs is 1. The maximum atomic E-state index is 4.52. The van der Waals surface area contributed by atoms with Gasteiger partial charge in [-0.3, -0.25) is 4.98 Å². The molecule has 0 fully saturated rings. The third kappa shape index (κ3) is 2.37. The van der Waals surface area contributed by atoms with Gasteiger partial charge in [-0.1, -0.05) is 48.0 Å². The summed E-state index contributed by atoms with van der Waals surface area (Å²) in [5, 5.41) is 1.21. The molecule has 0 N–H and O–H groups in total. The first kappa shape index (κ1) is 11.9. The van der Waals surface area contributed by atoms with E-state index in [1.54, 1.807) is 0 Å². The second-order valence-corrected chi connectivity index (χ2v) is 5.10. The summed E-state index contributed by atoms with van der Waals surface area (Å²) in [6, 6.07) is 17.2. The number of benzene rings is 2. The standard InChI is InChI=1S/C18H17N/c1-13-8-9-16(14(2)11-13)12-17-6-3-5-15-7-4-10-19-18(15)17/h3-11H,12H2,1-2H3. The van der Waals surface area contributed by atoms with Crippen molar-refractivity contribution >= 4 is 10.9 Å². The summed E-state index contributed by atoms with van der Waals surface area (Å²) >= 11 is 0. The number of hydrogen-bond donors (Lipinski definition) is 0. The lowest BCUT2D eigenvalue weighted by Gasteiger charge is -2.09. The van der Waals surface area contributed by atoms with Gasteiger partial charge in [0, 0.05) is 11.6 Å². The molecule has 1 heterocycles. The van der Waals surface area contributed by atoms with E-state index in [1.165, 1.54) is 27.6 Å². The molecule has 2 aromatic carbocycles. The van der Waals surface area contributed by atoms with Gasteiger partial charge in [-0.15, -0.1) is 0 Å². The van der Waals surface area contributed by atoms with E-state index in [2.05, 4.69) is 61.3 Å². The highest BCUT2D eigenvalue weighted by molar-refractivity contribution is 5.81. The molecule has 0 amide bonds.